The maximum atomic E-state index is 13.2. The van der Waals surface area contributed by atoms with Crippen molar-refractivity contribution in [1.29, 1.82) is 0 Å². The minimum absolute atomic E-state index is 0.148. The second-order valence-corrected chi connectivity index (χ2v) is 10.5. The molecule has 0 heterocycles. The lowest BCUT2D eigenvalue weighted by Crippen LogP contribution is -2.48. The number of carbonyl (C=O) groups excluding carboxylic acids is 2. The summed E-state index contributed by atoms with van der Waals surface area (Å²) in [5.41, 5.74) is 3.77. The van der Waals surface area contributed by atoms with E-state index in [9.17, 15) is 18.0 Å². The number of amides is 2. The van der Waals surface area contributed by atoms with Gasteiger partial charge in [0.1, 0.15) is 6.04 Å². The van der Waals surface area contributed by atoms with Crippen LogP contribution in [0, 0.1) is 13.8 Å². The quantitative estimate of drug-likeness (QED) is 0.497. The summed E-state index contributed by atoms with van der Waals surface area (Å²) in [4.78, 5) is 27.2. The van der Waals surface area contributed by atoms with Crippen molar-refractivity contribution < 1.29 is 18.0 Å². The Morgan fingerprint density at radius 2 is 1.68 bits per heavy atom. The zero-order valence-corrected chi connectivity index (χ0v) is 21.7. The maximum absolute atomic E-state index is 13.2. The fraction of sp³-hybridized carbons (Fsp3) is 0.462. The zero-order valence-electron chi connectivity index (χ0n) is 20.9. The smallest absolute Gasteiger partial charge is 0.242 e. The summed E-state index contributed by atoms with van der Waals surface area (Å²) >= 11 is 0. The minimum Gasteiger partial charge on any atom is -0.355 e. The number of rotatable bonds is 12. The number of likely N-dealkylation sites (N-methyl/N-ethyl adjacent to an activating group) is 1. The molecule has 7 nitrogen and oxygen atoms in total. The van der Waals surface area contributed by atoms with Crippen LogP contribution in [-0.4, -0.2) is 57.1 Å². The van der Waals surface area contributed by atoms with E-state index < -0.39 is 16.1 Å². The van der Waals surface area contributed by atoms with Gasteiger partial charge in [0.05, 0.1) is 11.9 Å². The van der Waals surface area contributed by atoms with E-state index in [-0.39, 0.29) is 24.8 Å². The van der Waals surface area contributed by atoms with Gasteiger partial charge in [0, 0.05) is 26.1 Å². The van der Waals surface area contributed by atoms with Gasteiger partial charge >= 0.3 is 0 Å². The zero-order chi connectivity index (χ0) is 25.3. The third-order valence-corrected chi connectivity index (χ3v) is 7.13. The number of aryl methyl sites for hydroxylation is 2. The van der Waals surface area contributed by atoms with Crippen LogP contribution >= 0.6 is 0 Å². The molecular weight excluding hydrogens is 450 g/mol. The van der Waals surface area contributed by atoms with Crippen LogP contribution in [0.1, 0.15) is 43.4 Å². The highest BCUT2D eigenvalue weighted by atomic mass is 32.2. The molecule has 0 fully saturated rings. The molecule has 0 bridgehead atoms. The van der Waals surface area contributed by atoms with Crippen molar-refractivity contribution >= 4 is 27.5 Å². The lowest BCUT2D eigenvalue weighted by molar-refractivity contribution is -0.139. The number of benzene rings is 2. The molecule has 2 aromatic carbocycles. The number of sulfonamides is 1. The lowest BCUT2D eigenvalue weighted by Gasteiger charge is -2.29. The van der Waals surface area contributed by atoms with E-state index in [4.69, 9.17) is 0 Å². The molecule has 0 aliphatic heterocycles. The van der Waals surface area contributed by atoms with Crippen LogP contribution in [0.2, 0.25) is 0 Å². The van der Waals surface area contributed by atoms with Gasteiger partial charge < -0.3 is 10.2 Å². The highest BCUT2D eigenvalue weighted by Crippen LogP contribution is 2.22. The van der Waals surface area contributed by atoms with Gasteiger partial charge in [-0.25, -0.2) is 8.42 Å². The van der Waals surface area contributed by atoms with Gasteiger partial charge in [0.15, 0.2) is 0 Å². The Kier molecular flexibility index (Phi) is 10.1. The fourth-order valence-corrected chi connectivity index (χ4v) is 4.73. The van der Waals surface area contributed by atoms with Crippen molar-refractivity contribution in [1.82, 2.24) is 10.2 Å². The van der Waals surface area contributed by atoms with Gasteiger partial charge in [-0.2, -0.15) is 0 Å². The van der Waals surface area contributed by atoms with E-state index in [0.717, 1.165) is 16.7 Å². The van der Waals surface area contributed by atoms with E-state index in [1.165, 1.54) is 10.6 Å². The third kappa shape index (κ3) is 7.87. The van der Waals surface area contributed by atoms with E-state index in [1.54, 1.807) is 17.9 Å². The van der Waals surface area contributed by atoms with Gasteiger partial charge in [-0.15, -0.1) is 0 Å². The van der Waals surface area contributed by atoms with Crippen LogP contribution in [-0.2, 0) is 26.0 Å². The van der Waals surface area contributed by atoms with Crippen LogP contribution < -0.4 is 9.62 Å². The predicted octanol–water partition coefficient (Wildman–Crippen LogP) is 3.45. The first kappa shape index (κ1) is 27.4. The van der Waals surface area contributed by atoms with Gasteiger partial charge in [-0.05, 0) is 69.4 Å². The summed E-state index contributed by atoms with van der Waals surface area (Å²) in [6.07, 6.45) is 2.31. The lowest BCUT2D eigenvalue weighted by atomic mass is 10.1. The number of hydrogen-bond acceptors (Lipinski definition) is 4. The fourth-order valence-electron chi connectivity index (χ4n) is 3.78. The van der Waals surface area contributed by atoms with Crippen molar-refractivity contribution in [3.63, 3.8) is 0 Å². The summed E-state index contributed by atoms with van der Waals surface area (Å²) in [5, 5.41) is 2.78. The standard InChI is InChI=1S/C26H37N3O4S/c1-6-27-26(31)22(4)28(18-16-23-11-8-7-9-12-23)25(30)13-10-17-29(34(5,32)33)24-15-14-20(2)21(3)19-24/h7-9,11-12,14-15,19,22H,6,10,13,16-18H2,1-5H3,(H,27,31)/t22-/m0/s1. The number of nitrogens with zero attached hydrogens (tertiary/aromatic N) is 2. The molecule has 2 rings (SSSR count). The molecule has 2 aromatic rings. The number of anilines is 1. The second-order valence-electron chi connectivity index (χ2n) is 8.60. The number of carbonyl (C=O) groups is 2. The van der Waals surface area contributed by atoms with Crippen molar-refractivity contribution in [3.05, 3.63) is 65.2 Å². The van der Waals surface area contributed by atoms with Crippen LogP contribution in [0.4, 0.5) is 5.69 Å². The predicted molar refractivity (Wildman–Crippen MR) is 137 cm³/mol. The van der Waals surface area contributed by atoms with Crippen LogP contribution in [0.15, 0.2) is 48.5 Å². The molecule has 0 saturated carbocycles. The van der Waals surface area contributed by atoms with Gasteiger partial charge in [0.25, 0.3) is 0 Å². The molecule has 0 radical (unpaired) electrons. The highest BCUT2D eigenvalue weighted by Gasteiger charge is 2.26. The van der Waals surface area contributed by atoms with Crippen molar-refractivity contribution in [2.24, 2.45) is 0 Å². The molecule has 2 amide bonds. The first-order valence-corrected chi connectivity index (χ1v) is 13.6. The summed E-state index contributed by atoms with van der Waals surface area (Å²) in [7, 11) is -3.50. The van der Waals surface area contributed by atoms with E-state index >= 15 is 0 Å². The molecule has 0 aromatic heterocycles. The molecular formula is C26H37N3O4S. The SMILES string of the molecule is CCNC(=O)[C@H](C)N(CCc1ccccc1)C(=O)CCCN(c1ccc(C)c(C)c1)S(C)(=O)=O. The number of nitrogens with one attached hydrogen (secondary N) is 1. The van der Waals surface area contributed by atoms with Gasteiger partial charge in [-0.3, -0.25) is 13.9 Å². The normalized spacial score (nSPS) is 12.1. The first-order valence-electron chi connectivity index (χ1n) is 11.7. The van der Waals surface area contributed by atoms with Crippen LogP contribution in [0.25, 0.3) is 0 Å². The molecule has 8 heteroatoms. The van der Waals surface area contributed by atoms with E-state index in [1.807, 2.05) is 63.2 Å². The van der Waals surface area contributed by atoms with Crippen molar-refractivity contribution in [3.8, 4) is 0 Å². The largest absolute Gasteiger partial charge is 0.355 e. The van der Waals surface area contributed by atoms with Gasteiger partial charge in [-0.1, -0.05) is 36.4 Å². The molecule has 1 N–H and O–H groups in total. The monoisotopic (exact) mass is 487 g/mol. The summed E-state index contributed by atoms with van der Waals surface area (Å²) in [6.45, 7) is 8.57. The summed E-state index contributed by atoms with van der Waals surface area (Å²) < 4.78 is 26.2. The Balaban J connectivity index is 2.11. The Bertz CT molecular complexity index is 1070. The molecule has 34 heavy (non-hydrogen) atoms. The van der Waals surface area contributed by atoms with E-state index in [2.05, 4.69) is 5.32 Å². The molecule has 0 aliphatic carbocycles. The highest BCUT2D eigenvalue weighted by molar-refractivity contribution is 7.92. The molecule has 0 spiro atoms. The van der Waals surface area contributed by atoms with Gasteiger partial charge in [0.2, 0.25) is 21.8 Å². The Morgan fingerprint density at radius 1 is 1.00 bits per heavy atom. The van der Waals surface area contributed by atoms with Crippen LogP contribution in [0.3, 0.4) is 0 Å². The average Bonchev–Trinajstić information content (AvgIpc) is 2.78. The van der Waals surface area contributed by atoms with Crippen molar-refractivity contribution in [2.75, 3.05) is 30.2 Å². The van der Waals surface area contributed by atoms with Crippen LogP contribution in [0.5, 0.6) is 0 Å². The molecule has 0 unspecified atom stereocenters. The topological polar surface area (TPSA) is 86.8 Å². The minimum atomic E-state index is -3.50. The molecule has 0 saturated heterocycles. The Labute approximate surface area is 204 Å². The average molecular weight is 488 g/mol. The molecule has 186 valence electrons. The summed E-state index contributed by atoms with van der Waals surface area (Å²) in [6, 6.07) is 14.7. The third-order valence-electron chi connectivity index (χ3n) is 5.93. The molecule has 0 aliphatic rings. The second kappa shape index (κ2) is 12.6. The number of hydrogen-bond donors (Lipinski definition) is 1. The van der Waals surface area contributed by atoms with Crippen molar-refractivity contribution in [2.45, 2.75) is 53.0 Å². The Morgan fingerprint density at radius 3 is 2.26 bits per heavy atom. The molecule has 1 atom stereocenters. The van der Waals surface area contributed by atoms with E-state index in [0.29, 0.717) is 31.6 Å². The first-order chi connectivity index (χ1) is 16.0. The summed E-state index contributed by atoms with van der Waals surface area (Å²) in [5.74, 6) is -0.361. The maximum Gasteiger partial charge on any atom is 0.242 e. The Hall–Kier alpha value is -2.87.